The number of rotatable bonds is 4. The van der Waals surface area contributed by atoms with E-state index in [0.29, 0.717) is 16.8 Å². The third-order valence-electron chi connectivity index (χ3n) is 2.72. The van der Waals surface area contributed by atoms with Crippen molar-refractivity contribution in [2.45, 2.75) is 0 Å². The summed E-state index contributed by atoms with van der Waals surface area (Å²) in [5.41, 5.74) is 1.63. The Labute approximate surface area is 116 Å². The van der Waals surface area contributed by atoms with Gasteiger partial charge >= 0.3 is 0 Å². The molecule has 0 saturated carbocycles. The maximum atomic E-state index is 6.20. The van der Waals surface area contributed by atoms with Gasteiger partial charge in [0.15, 0.2) is 0 Å². The fourth-order valence-electron chi connectivity index (χ4n) is 1.76. The molecular weight excluding hydrogens is 266 g/mol. The molecule has 0 fully saturated rings. The summed E-state index contributed by atoms with van der Waals surface area (Å²) in [6.45, 7) is 0. The molecule has 2 rings (SSSR count). The van der Waals surface area contributed by atoms with Gasteiger partial charge in [0.2, 0.25) is 5.88 Å². The van der Waals surface area contributed by atoms with E-state index in [4.69, 9.17) is 25.8 Å². The lowest BCUT2D eigenvalue weighted by Crippen LogP contribution is -1.95. The van der Waals surface area contributed by atoms with Crippen LogP contribution in [0.3, 0.4) is 0 Å². The van der Waals surface area contributed by atoms with Crippen molar-refractivity contribution in [1.82, 2.24) is 4.98 Å². The summed E-state index contributed by atoms with van der Waals surface area (Å²) in [5, 5.41) is 0.335. The monoisotopic (exact) mass is 279 g/mol. The maximum Gasteiger partial charge on any atom is 0.218 e. The second-order valence-corrected chi connectivity index (χ2v) is 4.12. The summed E-state index contributed by atoms with van der Waals surface area (Å²) < 4.78 is 15.5. The van der Waals surface area contributed by atoms with Crippen molar-refractivity contribution in [3.63, 3.8) is 0 Å². The number of ether oxygens (including phenoxy) is 3. The van der Waals surface area contributed by atoms with E-state index in [1.165, 1.54) is 7.11 Å². The minimum atomic E-state index is 0.335. The number of hydrogen-bond donors (Lipinski definition) is 0. The zero-order chi connectivity index (χ0) is 13.8. The molecule has 4 nitrogen and oxygen atoms in total. The van der Waals surface area contributed by atoms with Crippen LogP contribution < -0.4 is 14.2 Å². The number of methoxy groups -OCH3 is 3. The van der Waals surface area contributed by atoms with Crippen LogP contribution in [-0.4, -0.2) is 26.3 Å². The summed E-state index contributed by atoms with van der Waals surface area (Å²) in [6.07, 6.45) is 0. The van der Waals surface area contributed by atoms with Gasteiger partial charge < -0.3 is 14.2 Å². The predicted octanol–water partition coefficient (Wildman–Crippen LogP) is 3.43. The highest BCUT2D eigenvalue weighted by atomic mass is 35.5. The Bertz CT molecular complexity index is 570. The van der Waals surface area contributed by atoms with Crippen LogP contribution in [-0.2, 0) is 0 Å². The van der Waals surface area contributed by atoms with Crippen LogP contribution in [0, 0.1) is 0 Å². The van der Waals surface area contributed by atoms with Crippen molar-refractivity contribution in [2.75, 3.05) is 21.3 Å². The first-order chi connectivity index (χ1) is 9.19. The minimum absolute atomic E-state index is 0.335. The second kappa shape index (κ2) is 5.80. The molecule has 0 aliphatic carbocycles. The van der Waals surface area contributed by atoms with E-state index in [0.717, 1.165) is 16.9 Å². The normalized spacial score (nSPS) is 10.1. The van der Waals surface area contributed by atoms with Gasteiger partial charge in [-0.15, -0.1) is 0 Å². The minimum Gasteiger partial charge on any atom is -0.497 e. The van der Waals surface area contributed by atoms with Crippen molar-refractivity contribution in [3.05, 3.63) is 35.5 Å². The molecule has 100 valence electrons. The molecule has 0 saturated heterocycles. The van der Waals surface area contributed by atoms with Crippen LogP contribution in [0.5, 0.6) is 17.4 Å². The van der Waals surface area contributed by atoms with Gasteiger partial charge in [0.05, 0.1) is 26.9 Å². The standard InChI is InChI=1S/C14H14ClNO3/c1-17-10-6-4-9(5-7-10)13-11(18-2)8-12(19-3)16-14(13)15/h4-8H,1-3H3. The first-order valence-electron chi connectivity index (χ1n) is 5.62. The Hall–Kier alpha value is -1.94. The molecule has 0 bridgehead atoms. The van der Waals surface area contributed by atoms with Gasteiger partial charge in [-0.3, -0.25) is 0 Å². The number of hydrogen-bond acceptors (Lipinski definition) is 4. The van der Waals surface area contributed by atoms with Gasteiger partial charge in [0.25, 0.3) is 0 Å². The lowest BCUT2D eigenvalue weighted by Gasteiger charge is -2.12. The molecular formula is C14H14ClNO3. The SMILES string of the molecule is COc1ccc(-c2c(OC)cc(OC)nc2Cl)cc1. The van der Waals surface area contributed by atoms with Gasteiger partial charge in [-0.05, 0) is 17.7 Å². The molecule has 0 atom stereocenters. The van der Waals surface area contributed by atoms with E-state index in [2.05, 4.69) is 4.98 Å². The maximum absolute atomic E-state index is 6.20. The zero-order valence-electron chi connectivity index (χ0n) is 10.9. The highest BCUT2D eigenvalue weighted by Gasteiger charge is 2.14. The molecule has 1 aromatic heterocycles. The van der Waals surface area contributed by atoms with Gasteiger partial charge in [-0.2, -0.15) is 0 Å². The lowest BCUT2D eigenvalue weighted by atomic mass is 10.1. The van der Waals surface area contributed by atoms with E-state index in [9.17, 15) is 0 Å². The molecule has 0 radical (unpaired) electrons. The van der Waals surface area contributed by atoms with Crippen molar-refractivity contribution in [2.24, 2.45) is 0 Å². The van der Waals surface area contributed by atoms with Crippen LogP contribution in [0.15, 0.2) is 30.3 Å². The first kappa shape index (κ1) is 13.5. The molecule has 0 spiro atoms. The lowest BCUT2D eigenvalue weighted by molar-refractivity contribution is 0.383. The fourth-order valence-corrected chi connectivity index (χ4v) is 2.04. The third kappa shape index (κ3) is 2.74. The number of aromatic nitrogens is 1. The van der Waals surface area contributed by atoms with Crippen LogP contribution in [0.2, 0.25) is 5.15 Å². The third-order valence-corrected chi connectivity index (χ3v) is 3.00. The average molecular weight is 280 g/mol. The van der Waals surface area contributed by atoms with Crippen LogP contribution >= 0.6 is 11.6 Å². The fraction of sp³-hybridized carbons (Fsp3) is 0.214. The largest absolute Gasteiger partial charge is 0.497 e. The average Bonchev–Trinajstić information content (AvgIpc) is 2.46. The van der Waals surface area contributed by atoms with Gasteiger partial charge in [0, 0.05) is 6.07 Å². The number of pyridine rings is 1. The molecule has 2 aromatic rings. The Morgan fingerprint density at radius 3 is 2.16 bits per heavy atom. The summed E-state index contributed by atoms with van der Waals surface area (Å²) >= 11 is 6.20. The summed E-state index contributed by atoms with van der Waals surface area (Å²) in [5.74, 6) is 1.81. The van der Waals surface area contributed by atoms with Crippen molar-refractivity contribution in [3.8, 4) is 28.5 Å². The highest BCUT2D eigenvalue weighted by molar-refractivity contribution is 6.32. The second-order valence-electron chi connectivity index (χ2n) is 3.76. The van der Waals surface area contributed by atoms with Crippen molar-refractivity contribution < 1.29 is 14.2 Å². The Balaban J connectivity index is 2.53. The molecule has 5 heteroatoms. The highest BCUT2D eigenvalue weighted by Crippen LogP contribution is 2.38. The smallest absolute Gasteiger partial charge is 0.218 e. The van der Waals surface area contributed by atoms with Crippen LogP contribution in [0.25, 0.3) is 11.1 Å². The molecule has 0 amide bonds. The predicted molar refractivity (Wildman–Crippen MR) is 74.3 cm³/mol. The summed E-state index contributed by atoms with van der Waals surface area (Å²) in [6, 6.07) is 9.21. The molecule has 0 aliphatic heterocycles. The number of nitrogens with zero attached hydrogens (tertiary/aromatic N) is 1. The number of benzene rings is 1. The van der Waals surface area contributed by atoms with E-state index in [1.807, 2.05) is 24.3 Å². The molecule has 1 heterocycles. The van der Waals surface area contributed by atoms with Crippen molar-refractivity contribution in [1.29, 1.82) is 0 Å². The molecule has 0 unspecified atom stereocenters. The van der Waals surface area contributed by atoms with Crippen molar-refractivity contribution >= 4 is 11.6 Å². The number of halogens is 1. The molecule has 1 aromatic carbocycles. The Morgan fingerprint density at radius 1 is 0.947 bits per heavy atom. The Kier molecular flexibility index (Phi) is 4.12. The molecule has 0 aliphatic rings. The molecule has 19 heavy (non-hydrogen) atoms. The topological polar surface area (TPSA) is 40.6 Å². The quantitative estimate of drug-likeness (QED) is 0.804. The first-order valence-corrected chi connectivity index (χ1v) is 6.00. The van der Waals surface area contributed by atoms with E-state index < -0.39 is 0 Å². The molecule has 0 N–H and O–H groups in total. The van der Waals surface area contributed by atoms with Gasteiger partial charge in [-0.1, -0.05) is 23.7 Å². The van der Waals surface area contributed by atoms with E-state index in [1.54, 1.807) is 20.3 Å². The van der Waals surface area contributed by atoms with Crippen LogP contribution in [0.1, 0.15) is 0 Å². The summed E-state index contributed by atoms with van der Waals surface area (Å²) in [7, 11) is 4.74. The van der Waals surface area contributed by atoms with Gasteiger partial charge in [0.1, 0.15) is 16.7 Å². The zero-order valence-corrected chi connectivity index (χ0v) is 11.7. The van der Waals surface area contributed by atoms with E-state index in [-0.39, 0.29) is 0 Å². The van der Waals surface area contributed by atoms with E-state index >= 15 is 0 Å². The Morgan fingerprint density at radius 2 is 1.63 bits per heavy atom. The summed E-state index contributed by atoms with van der Waals surface area (Å²) in [4.78, 5) is 4.15. The van der Waals surface area contributed by atoms with Crippen LogP contribution in [0.4, 0.5) is 0 Å². The van der Waals surface area contributed by atoms with Gasteiger partial charge in [-0.25, -0.2) is 4.98 Å².